The molecule has 5 nitrogen and oxygen atoms in total. The predicted octanol–water partition coefficient (Wildman–Crippen LogP) is 3.37. The highest BCUT2D eigenvalue weighted by Crippen LogP contribution is 2.21. The fourth-order valence-electron chi connectivity index (χ4n) is 3.14. The SMILES string of the molecule is CC(C)C[C@@H](NC(=O)Cc1n[nH]c(=O)c2ccccc12)c1ccccc1. The predicted molar refractivity (Wildman–Crippen MR) is 103 cm³/mol. The van der Waals surface area contributed by atoms with Crippen LogP contribution in [0.1, 0.15) is 37.6 Å². The van der Waals surface area contributed by atoms with Gasteiger partial charge in [-0.3, -0.25) is 9.59 Å². The van der Waals surface area contributed by atoms with Crippen LogP contribution in [-0.2, 0) is 11.2 Å². The van der Waals surface area contributed by atoms with Crippen molar-refractivity contribution < 1.29 is 4.79 Å². The standard InChI is InChI=1S/C21H23N3O2/c1-14(2)12-18(15-8-4-3-5-9-15)22-20(25)13-19-16-10-6-7-11-17(16)21(26)24-23-19/h3-11,14,18H,12-13H2,1-2H3,(H,22,25)(H,24,26)/t18-/m1/s1. The first kappa shape index (κ1) is 17.9. The third-order valence-electron chi connectivity index (χ3n) is 4.35. The molecule has 26 heavy (non-hydrogen) atoms. The molecule has 0 fully saturated rings. The van der Waals surface area contributed by atoms with E-state index < -0.39 is 0 Å². The highest BCUT2D eigenvalue weighted by Gasteiger charge is 2.17. The molecule has 0 radical (unpaired) electrons. The lowest BCUT2D eigenvalue weighted by molar-refractivity contribution is -0.121. The van der Waals surface area contributed by atoms with Gasteiger partial charge in [0.25, 0.3) is 5.56 Å². The van der Waals surface area contributed by atoms with E-state index in [0.717, 1.165) is 12.0 Å². The van der Waals surface area contributed by atoms with Crippen molar-refractivity contribution >= 4 is 16.7 Å². The number of rotatable bonds is 6. The van der Waals surface area contributed by atoms with Crippen LogP contribution < -0.4 is 10.9 Å². The topological polar surface area (TPSA) is 74.8 Å². The molecule has 3 aromatic rings. The van der Waals surface area contributed by atoms with Gasteiger partial charge in [0.2, 0.25) is 5.91 Å². The molecule has 0 aliphatic carbocycles. The maximum Gasteiger partial charge on any atom is 0.272 e. The van der Waals surface area contributed by atoms with Gasteiger partial charge in [0.1, 0.15) is 0 Å². The molecule has 2 aromatic carbocycles. The van der Waals surface area contributed by atoms with Crippen molar-refractivity contribution in [3.63, 3.8) is 0 Å². The summed E-state index contributed by atoms with van der Waals surface area (Å²) in [6.07, 6.45) is 0.980. The number of carbonyl (C=O) groups is 1. The fourth-order valence-corrected chi connectivity index (χ4v) is 3.14. The number of benzene rings is 2. The van der Waals surface area contributed by atoms with Crippen molar-refractivity contribution in [1.82, 2.24) is 15.5 Å². The van der Waals surface area contributed by atoms with Gasteiger partial charge in [-0.15, -0.1) is 0 Å². The summed E-state index contributed by atoms with van der Waals surface area (Å²) < 4.78 is 0. The van der Waals surface area contributed by atoms with E-state index in [4.69, 9.17) is 0 Å². The Hall–Kier alpha value is -2.95. The molecule has 0 saturated carbocycles. The van der Waals surface area contributed by atoms with Gasteiger partial charge in [-0.25, -0.2) is 5.10 Å². The van der Waals surface area contributed by atoms with E-state index in [1.165, 1.54) is 0 Å². The summed E-state index contributed by atoms with van der Waals surface area (Å²) in [5, 5.41) is 11.0. The molecule has 0 bridgehead atoms. The molecule has 0 unspecified atom stereocenters. The molecule has 134 valence electrons. The summed E-state index contributed by atoms with van der Waals surface area (Å²) in [7, 11) is 0. The van der Waals surface area contributed by atoms with Gasteiger partial charge in [0.15, 0.2) is 0 Å². The number of carbonyl (C=O) groups excluding carboxylic acids is 1. The van der Waals surface area contributed by atoms with Crippen molar-refractivity contribution in [2.45, 2.75) is 32.7 Å². The number of nitrogens with one attached hydrogen (secondary N) is 2. The van der Waals surface area contributed by atoms with Gasteiger partial charge < -0.3 is 5.32 Å². The minimum atomic E-state index is -0.244. The van der Waals surface area contributed by atoms with Crippen molar-refractivity contribution in [1.29, 1.82) is 0 Å². The average Bonchev–Trinajstić information content (AvgIpc) is 2.64. The quantitative estimate of drug-likeness (QED) is 0.716. The van der Waals surface area contributed by atoms with E-state index in [2.05, 4.69) is 29.4 Å². The van der Waals surface area contributed by atoms with E-state index in [1.807, 2.05) is 42.5 Å². The maximum absolute atomic E-state index is 12.7. The Balaban J connectivity index is 1.81. The molecular formula is C21H23N3O2. The number of H-pyrrole nitrogens is 1. The van der Waals surface area contributed by atoms with Crippen LogP contribution in [0.2, 0.25) is 0 Å². The van der Waals surface area contributed by atoms with Crippen molar-refractivity contribution in [2.24, 2.45) is 5.92 Å². The number of fused-ring (bicyclic) bond motifs is 1. The highest BCUT2D eigenvalue weighted by atomic mass is 16.1. The Bertz CT molecular complexity index is 948. The summed E-state index contributed by atoms with van der Waals surface area (Å²) in [6, 6.07) is 17.1. The van der Waals surface area contributed by atoms with Crippen LogP contribution >= 0.6 is 0 Å². The minimum absolute atomic E-state index is 0.0438. The zero-order chi connectivity index (χ0) is 18.5. The largest absolute Gasteiger partial charge is 0.349 e. The highest BCUT2D eigenvalue weighted by molar-refractivity contribution is 5.88. The van der Waals surface area contributed by atoms with Crippen LogP contribution in [0, 0.1) is 5.92 Å². The summed E-state index contributed by atoms with van der Waals surface area (Å²) in [4.78, 5) is 24.5. The fraction of sp³-hybridized carbons (Fsp3) is 0.286. The van der Waals surface area contributed by atoms with Crippen molar-refractivity contribution in [3.05, 3.63) is 76.2 Å². The molecule has 5 heteroatoms. The average molecular weight is 349 g/mol. The zero-order valence-electron chi connectivity index (χ0n) is 15.0. The first-order valence-corrected chi connectivity index (χ1v) is 8.85. The second-order valence-electron chi connectivity index (χ2n) is 6.88. The lowest BCUT2D eigenvalue weighted by atomic mass is 9.96. The van der Waals surface area contributed by atoms with E-state index in [-0.39, 0.29) is 23.9 Å². The molecule has 1 amide bonds. The number of hydrogen-bond donors (Lipinski definition) is 2. The maximum atomic E-state index is 12.7. The summed E-state index contributed by atoms with van der Waals surface area (Å²) in [5.74, 6) is 0.344. The molecule has 2 N–H and O–H groups in total. The Labute approximate surface area is 152 Å². The number of aromatic amines is 1. The molecule has 1 atom stereocenters. The third kappa shape index (κ3) is 4.17. The second-order valence-corrected chi connectivity index (χ2v) is 6.88. The minimum Gasteiger partial charge on any atom is -0.349 e. The molecular weight excluding hydrogens is 326 g/mol. The van der Waals surface area contributed by atoms with Crippen LogP contribution in [-0.4, -0.2) is 16.1 Å². The third-order valence-corrected chi connectivity index (χ3v) is 4.35. The van der Waals surface area contributed by atoms with Gasteiger partial charge in [0.05, 0.1) is 23.5 Å². The van der Waals surface area contributed by atoms with Crippen LogP contribution in [0.25, 0.3) is 10.8 Å². The van der Waals surface area contributed by atoms with Gasteiger partial charge in [-0.05, 0) is 24.0 Å². The van der Waals surface area contributed by atoms with E-state index >= 15 is 0 Å². The Morgan fingerprint density at radius 3 is 2.38 bits per heavy atom. The summed E-state index contributed by atoms with van der Waals surface area (Å²) in [5.41, 5.74) is 1.43. The molecule has 1 heterocycles. The molecule has 0 spiro atoms. The second kappa shape index (κ2) is 7.95. The van der Waals surface area contributed by atoms with Gasteiger partial charge in [-0.1, -0.05) is 62.4 Å². The van der Waals surface area contributed by atoms with Gasteiger partial charge in [0, 0.05) is 5.39 Å². The van der Waals surface area contributed by atoms with E-state index in [0.29, 0.717) is 22.4 Å². The Kier molecular flexibility index (Phi) is 5.46. The van der Waals surface area contributed by atoms with Crippen LogP contribution in [0.4, 0.5) is 0 Å². The number of aromatic nitrogens is 2. The normalized spacial score (nSPS) is 12.3. The lowest BCUT2D eigenvalue weighted by Crippen LogP contribution is -2.31. The van der Waals surface area contributed by atoms with Gasteiger partial charge in [-0.2, -0.15) is 5.10 Å². The number of nitrogens with zero attached hydrogens (tertiary/aromatic N) is 1. The molecule has 3 rings (SSSR count). The van der Waals surface area contributed by atoms with E-state index in [9.17, 15) is 9.59 Å². The molecule has 1 aromatic heterocycles. The zero-order valence-corrected chi connectivity index (χ0v) is 15.0. The van der Waals surface area contributed by atoms with Gasteiger partial charge >= 0.3 is 0 Å². The first-order valence-electron chi connectivity index (χ1n) is 8.85. The number of amides is 1. The van der Waals surface area contributed by atoms with Crippen molar-refractivity contribution in [3.8, 4) is 0 Å². The Morgan fingerprint density at radius 1 is 1.04 bits per heavy atom. The molecule has 0 aliphatic heterocycles. The smallest absolute Gasteiger partial charge is 0.272 e. The number of hydrogen-bond acceptors (Lipinski definition) is 3. The molecule has 0 aliphatic rings. The van der Waals surface area contributed by atoms with Crippen molar-refractivity contribution in [2.75, 3.05) is 0 Å². The lowest BCUT2D eigenvalue weighted by Gasteiger charge is -2.21. The van der Waals surface area contributed by atoms with Crippen LogP contribution in [0.15, 0.2) is 59.4 Å². The van der Waals surface area contributed by atoms with E-state index in [1.54, 1.807) is 12.1 Å². The molecule has 0 saturated heterocycles. The Morgan fingerprint density at radius 2 is 1.69 bits per heavy atom. The van der Waals surface area contributed by atoms with Crippen LogP contribution in [0.3, 0.4) is 0 Å². The first-order chi connectivity index (χ1) is 12.5. The van der Waals surface area contributed by atoms with Crippen LogP contribution in [0.5, 0.6) is 0 Å². The summed E-state index contributed by atoms with van der Waals surface area (Å²) >= 11 is 0. The summed E-state index contributed by atoms with van der Waals surface area (Å²) in [6.45, 7) is 4.28. The monoisotopic (exact) mass is 349 g/mol.